The minimum atomic E-state index is -3.56. The number of benzene rings is 1. The Labute approximate surface area is 132 Å². The molecule has 0 heterocycles. The van der Waals surface area contributed by atoms with Crippen LogP contribution in [0.25, 0.3) is 0 Å². The molecule has 1 aromatic rings. The molecule has 0 radical (unpaired) electrons. The van der Waals surface area contributed by atoms with Crippen LogP contribution in [-0.2, 0) is 16.6 Å². The SMILES string of the molecule is CCC1(CNS(=O)(=O)c2cc(CNC)ccc2Cl)CCC1. The van der Waals surface area contributed by atoms with Crippen LogP contribution >= 0.6 is 11.6 Å². The van der Waals surface area contributed by atoms with Crippen molar-refractivity contribution < 1.29 is 8.42 Å². The Morgan fingerprint density at radius 3 is 2.57 bits per heavy atom. The van der Waals surface area contributed by atoms with E-state index < -0.39 is 10.0 Å². The van der Waals surface area contributed by atoms with Crippen LogP contribution in [0.3, 0.4) is 0 Å². The Morgan fingerprint density at radius 1 is 1.33 bits per heavy atom. The number of hydrogen-bond donors (Lipinski definition) is 2. The van der Waals surface area contributed by atoms with E-state index >= 15 is 0 Å². The zero-order valence-corrected chi connectivity index (χ0v) is 14.1. The molecule has 0 bridgehead atoms. The largest absolute Gasteiger partial charge is 0.316 e. The van der Waals surface area contributed by atoms with Gasteiger partial charge in [0, 0.05) is 13.1 Å². The number of hydrogen-bond acceptors (Lipinski definition) is 3. The molecule has 0 aromatic heterocycles. The van der Waals surface area contributed by atoms with Crippen molar-refractivity contribution in [2.75, 3.05) is 13.6 Å². The minimum absolute atomic E-state index is 0.141. The van der Waals surface area contributed by atoms with Crippen molar-refractivity contribution in [3.8, 4) is 0 Å². The molecule has 1 fully saturated rings. The van der Waals surface area contributed by atoms with Crippen LogP contribution in [0, 0.1) is 5.41 Å². The third kappa shape index (κ3) is 3.77. The molecule has 21 heavy (non-hydrogen) atoms. The lowest BCUT2D eigenvalue weighted by Crippen LogP contribution is -2.41. The molecule has 2 N–H and O–H groups in total. The molecule has 1 aliphatic rings. The summed E-state index contributed by atoms with van der Waals surface area (Å²) in [6.07, 6.45) is 4.39. The van der Waals surface area contributed by atoms with Crippen LogP contribution in [0.15, 0.2) is 23.1 Å². The van der Waals surface area contributed by atoms with Gasteiger partial charge in [-0.1, -0.05) is 31.0 Å². The number of nitrogens with one attached hydrogen (secondary N) is 2. The van der Waals surface area contributed by atoms with Crippen LogP contribution in [0.1, 0.15) is 38.2 Å². The highest BCUT2D eigenvalue weighted by atomic mass is 35.5. The van der Waals surface area contributed by atoms with Crippen LogP contribution in [-0.4, -0.2) is 22.0 Å². The molecule has 0 amide bonds. The normalized spacial score (nSPS) is 17.5. The molecule has 1 aliphatic carbocycles. The summed E-state index contributed by atoms with van der Waals surface area (Å²) in [6, 6.07) is 5.11. The smallest absolute Gasteiger partial charge is 0.242 e. The predicted octanol–water partition coefficient (Wildman–Crippen LogP) is 2.92. The fourth-order valence-corrected chi connectivity index (χ4v) is 4.43. The van der Waals surface area contributed by atoms with Gasteiger partial charge in [0.25, 0.3) is 0 Å². The lowest BCUT2D eigenvalue weighted by Gasteiger charge is -2.41. The van der Waals surface area contributed by atoms with Crippen molar-refractivity contribution in [3.63, 3.8) is 0 Å². The summed E-state index contributed by atoms with van der Waals surface area (Å²) in [4.78, 5) is 0.169. The lowest BCUT2D eigenvalue weighted by molar-refractivity contribution is 0.133. The maximum absolute atomic E-state index is 12.5. The second kappa shape index (κ2) is 6.65. The molecule has 118 valence electrons. The molecule has 1 aromatic carbocycles. The number of halogens is 1. The Balaban J connectivity index is 2.17. The van der Waals surface area contributed by atoms with Crippen molar-refractivity contribution in [1.29, 1.82) is 0 Å². The predicted molar refractivity (Wildman–Crippen MR) is 86.0 cm³/mol. The maximum atomic E-state index is 12.5. The van der Waals surface area contributed by atoms with Crippen molar-refractivity contribution in [3.05, 3.63) is 28.8 Å². The first kappa shape index (κ1) is 16.7. The molecular formula is C15H23ClN2O2S. The van der Waals surface area contributed by atoms with E-state index in [0.29, 0.717) is 13.1 Å². The van der Waals surface area contributed by atoms with E-state index in [1.54, 1.807) is 12.1 Å². The Hall–Kier alpha value is -0.620. The average molecular weight is 331 g/mol. The van der Waals surface area contributed by atoms with E-state index in [0.717, 1.165) is 24.8 Å². The van der Waals surface area contributed by atoms with Gasteiger partial charge in [0.1, 0.15) is 4.90 Å². The molecule has 4 nitrogen and oxygen atoms in total. The third-order valence-corrected chi connectivity index (χ3v) is 6.35. The van der Waals surface area contributed by atoms with Gasteiger partial charge in [-0.05, 0) is 49.4 Å². The van der Waals surface area contributed by atoms with Crippen molar-refractivity contribution in [2.24, 2.45) is 5.41 Å². The van der Waals surface area contributed by atoms with Gasteiger partial charge in [-0.3, -0.25) is 0 Å². The molecule has 1 saturated carbocycles. The van der Waals surface area contributed by atoms with Crippen LogP contribution in [0.2, 0.25) is 5.02 Å². The van der Waals surface area contributed by atoms with Gasteiger partial charge in [0.05, 0.1) is 5.02 Å². The monoisotopic (exact) mass is 330 g/mol. The summed E-state index contributed by atoms with van der Waals surface area (Å²) in [6.45, 7) is 3.23. The van der Waals surface area contributed by atoms with Gasteiger partial charge in [0.15, 0.2) is 0 Å². The molecule has 0 saturated heterocycles. The number of sulfonamides is 1. The van der Waals surface area contributed by atoms with Gasteiger partial charge in [0.2, 0.25) is 10.0 Å². The molecule has 0 aliphatic heterocycles. The van der Waals surface area contributed by atoms with Gasteiger partial charge < -0.3 is 5.32 Å². The highest BCUT2D eigenvalue weighted by molar-refractivity contribution is 7.89. The second-order valence-electron chi connectivity index (χ2n) is 5.83. The van der Waals surface area contributed by atoms with Crippen LogP contribution < -0.4 is 10.0 Å². The molecule has 0 atom stereocenters. The molecule has 2 rings (SSSR count). The standard InChI is InChI=1S/C15H23ClN2O2S/c1-3-15(7-4-8-15)11-18-21(19,20)14-9-12(10-17-2)5-6-13(14)16/h5-6,9,17-18H,3-4,7-8,10-11H2,1-2H3. The quantitative estimate of drug-likeness (QED) is 0.808. The fourth-order valence-electron chi connectivity index (χ4n) is 2.73. The summed E-state index contributed by atoms with van der Waals surface area (Å²) in [5.74, 6) is 0. The van der Waals surface area contributed by atoms with E-state index in [1.807, 2.05) is 13.1 Å². The van der Waals surface area contributed by atoms with Crippen molar-refractivity contribution in [2.45, 2.75) is 44.0 Å². The Morgan fingerprint density at radius 2 is 2.05 bits per heavy atom. The molecule has 0 spiro atoms. The zero-order chi connectivity index (χ0) is 15.5. The van der Waals surface area contributed by atoms with Gasteiger partial charge in [-0.25, -0.2) is 13.1 Å². The number of rotatable bonds is 7. The Bertz CT molecular complexity index is 592. The van der Waals surface area contributed by atoms with E-state index in [9.17, 15) is 8.42 Å². The van der Waals surface area contributed by atoms with Crippen molar-refractivity contribution >= 4 is 21.6 Å². The highest BCUT2D eigenvalue weighted by Gasteiger charge is 2.36. The zero-order valence-electron chi connectivity index (χ0n) is 12.6. The first-order chi connectivity index (χ1) is 9.92. The van der Waals surface area contributed by atoms with E-state index in [-0.39, 0.29) is 15.3 Å². The lowest BCUT2D eigenvalue weighted by atomic mass is 9.67. The average Bonchev–Trinajstić information content (AvgIpc) is 2.40. The van der Waals surface area contributed by atoms with E-state index in [1.165, 1.54) is 6.42 Å². The summed E-state index contributed by atoms with van der Waals surface area (Å²) in [7, 11) is -1.74. The molecular weight excluding hydrogens is 308 g/mol. The second-order valence-corrected chi connectivity index (χ2v) is 7.97. The van der Waals surface area contributed by atoms with Gasteiger partial charge in [-0.15, -0.1) is 0 Å². The highest BCUT2D eigenvalue weighted by Crippen LogP contribution is 2.43. The summed E-state index contributed by atoms with van der Waals surface area (Å²) < 4.78 is 27.7. The third-order valence-electron chi connectivity index (χ3n) is 4.47. The first-order valence-electron chi connectivity index (χ1n) is 7.35. The van der Waals surface area contributed by atoms with Crippen LogP contribution in [0.4, 0.5) is 0 Å². The van der Waals surface area contributed by atoms with E-state index in [4.69, 9.17) is 11.6 Å². The molecule has 0 unspecified atom stereocenters. The van der Waals surface area contributed by atoms with Gasteiger partial charge in [-0.2, -0.15) is 0 Å². The topological polar surface area (TPSA) is 58.2 Å². The Kier molecular flexibility index (Phi) is 5.30. The summed E-state index contributed by atoms with van der Waals surface area (Å²) in [5, 5.41) is 3.27. The summed E-state index contributed by atoms with van der Waals surface area (Å²) in [5.41, 5.74) is 1.04. The minimum Gasteiger partial charge on any atom is -0.316 e. The van der Waals surface area contributed by atoms with Crippen LogP contribution in [0.5, 0.6) is 0 Å². The van der Waals surface area contributed by atoms with Gasteiger partial charge >= 0.3 is 0 Å². The van der Waals surface area contributed by atoms with E-state index in [2.05, 4.69) is 17.0 Å². The van der Waals surface area contributed by atoms with Crippen molar-refractivity contribution in [1.82, 2.24) is 10.0 Å². The first-order valence-corrected chi connectivity index (χ1v) is 9.21. The summed E-state index contributed by atoms with van der Waals surface area (Å²) >= 11 is 6.07. The molecule has 6 heteroatoms. The maximum Gasteiger partial charge on any atom is 0.242 e. The fraction of sp³-hybridized carbons (Fsp3) is 0.600.